The Morgan fingerprint density at radius 2 is 1.32 bits per heavy atom. The average Bonchev–Trinajstić information content (AvgIpc) is 2.61. The zero-order valence-corrected chi connectivity index (χ0v) is 15.5. The highest BCUT2D eigenvalue weighted by atomic mass is 31.0. The summed E-state index contributed by atoms with van der Waals surface area (Å²) in [6, 6.07) is 22.8. The van der Waals surface area contributed by atoms with E-state index in [9.17, 15) is 5.26 Å². The van der Waals surface area contributed by atoms with E-state index in [0.717, 1.165) is 38.7 Å². The quantitative estimate of drug-likeness (QED) is 0.464. The molecule has 1 nitrogen and oxygen atoms in total. The van der Waals surface area contributed by atoms with Crippen molar-refractivity contribution in [3.8, 4) is 29.0 Å². The van der Waals surface area contributed by atoms with E-state index in [2.05, 4.69) is 64.4 Å². The lowest BCUT2D eigenvalue weighted by Crippen LogP contribution is -2.01. The normalized spacial score (nSPS) is 9.84. The Hall–Kier alpha value is -2.86. The van der Waals surface area contributed by atoms with Crippen molar-refractivity contribution in [2.45, 2.75) is 13.8 Å². The lowest BCUT2D eigenvalue weighted by atomic mass is 9.99. The first-order valence-corrected chi connectivity index (χ1v) is 8.64. The van der Waals surface area contributed by atoms with Crippen LogP contribution in [0.5, 0.6) is 0 Å². The summed E-state index contributed by atoms with van der Waals surface area (Å²) in [5, 5.41) is 10.1. The molecule has 120 valence electrons. The predicted octanol–water partition coefficient (Wildman–Crippen LogP) is 4.74. The maximum atomic E-state index is 9.19. The van der Waals surface area contributed by atoms with Crippen LogP contribution in [0.15, 0.2) is 60.7 Å². The van der Waals surface area contributed by atoms with Crippen molar-refractivity contribution in [1.29, 1.82) is 5.26 Å². The molecule has 3 aromatic rings. The van der Waals surface area contributed by atoms with Gasteiger partial charge in [-0.1, -0.05) is 47.7 Å². The third-order valence-electron chi connectivity index (χ3n) is 4.10. The van der Waals surface area contributed by atoms with E-state index in [4.69, 9.17) is 0 Å². The number of rotatable bonds is 1. The predicted molar refractivity (Wildman–Crippen MR) is 108 cm³/mol. The van der Waals surface area contributed by atoms with Gasteiger partial charge in [-0.05, 0) is 66.2 Å². The second-order valence-electron chi connectivity index (χ2n) is 6.06. The van der Waals surface area contributed by atoms with Gasteiger partial charge in [0.1, 0.15) is 6.07 Å². The van der Waals surface area contributed by atoms with Crippen LogP contribution in [0.2, 0.25) is 0 Å². The first-order chi connectivity index (χ1) is 12.1. The smallest absolute Gasteiger partial charge is 0.100 e. The molecule has 3 rings (SSSR count). The molecule has 0 amide bonds. The molecule has 1 atom stereocenters. The first kappa shape index (κ1) is 17.0. The standard InChI is InChI=1S/C23H18NP/c1-16-3-5-18(6-4-16)7-8-19-9-11-20(12-10-19)21-13-17(2)22(15-24)23(25)14-21/h3-6,9-14H,25H2,1-2H3. The van der Waals surface area contributed by atoms with Gasteiger partial charge in [-0.3, -0.25) is 0 Å². The van der Waals surface area contributed by atoms with E-state index in [1.165, 1.54) is 5.56 Å². The molecular weight excluding hydrogens is 321 g/mol. The minimum atomic E-state index is 0.731. The van der Waals surface area contributed by atoms with Crippen LogP contribution in [0.25, 0.3) is 11.1 Å². The van der Waals surface area contributed by atoms with Crippen LogP contribution < -0.4 is 5.30 Å². The summed E-state index contributed by atoms with van der Waals surface area (Å²) < 4.78 is 0. The Morgan fingerprint density at radius 3 is 1.84 bits per heavy atom. The van der Waals surface area contributed by atoms with Crippen molar-refractivity contribution in [2.75, 3.05) is 0 Å². The van der Waals surface area contributed by atoms with Gasteiger partial charge in [-0.15, -0.1) is 9.24 Å². The number of nitrogens with zero attached hydrogens (tertiary/aromatic N) is 1. The Morgan fingerprint density at radius 1 is 0.760 bits per heavy atom. The van der Waals surface area contributed by atoms with Crippen LogP contribution in [-0.2, 0) is 0 Å². The third-order valence-corrected chi connectivity index (χ3v) is 4.55. The maximum absolute atomic E-state index is 9.19. The molecule has 0 radical (unpaired) electrons. The highest BCUT2D eigenvalue weighted by Crippen LogP contribution is 2.22. The number of hydrogen-bond donors (Lipinski definition) is 0. The summed E-state index contributed by atoms with van der Waals surface area (Å²) in [5.74, 6) is 6.39. The van der Waals surface area contributed by atoms with Gasteiger partial charge in [0.25, 0.3) is 0 Å². The van der Waals surface area contributed by atoms with Gasteiger partial charge in [0.05, 0.1) is 5.56 Å². The fraction of sp³-hybridized carbons (Fsp3) is 0.0870. The average molecular weight is 339 g/mol. The molecule has 0 saturated heterocycles. The lowest BCUT2D eigenvalue weighted by Gasteiger charge is -2.08. The molecule has 0 aliphatic heterocycles. The van der Waals surface area contributed by atoms with Crippen molar-refractivity contribution in [2.24, 2.45) is 0 Å². The Bertz CT molecular complexity index is 988. The minimum absolute atomic E-state index is 0.731. The van der Waals surface area contributed by atoms with Crippen LogP contribution in [0, 0.1) is 37.0 Å². The SMILES string of the molecule is Cc1ccc(C#Cc2ccc(-c3cc(C)c(C#N)c(P)c3)cc2)cc1. The van der Waals surface area contributed by atoms with Gasteiger partial charge in [-0.25, -0.2) is 0 Å². The van der Waals surface area contributed by atoms with Crippen molar-refractivity contribution in [3.63, 3.8) is 0 Å². The number of hydrogen-bond acceptors (Lipinski definition) is 1. The molecule has 25 heavy (non-hydrogen) atoms. The molecule has 0 N–H and O–H groups in total. The fourth-order valence-electron chi connectivity index (χ4n) is 2.66. The minimum Gasteiger partial charge on any atom is -0.192 e. The monoisotopic (exact) mass is 339 g/mol. The van der Waals surface area contributed by atoms with Crippen molar-refractivity contribution < 1.29 is 0 Å². The summed E-state index contributed by atoms with van der Waals surface area (Å²) >= 11 is 0. The largest absolute Gasteiger partial charge is 0.192 e. The summed E-state index contributed by atoms with van der Waals surface area (Å²) in [5.41, 5.74) is 7.20. The second kappa shape index (κ2) is 7.36. The van der Waals surface area contributed by atoms with E-state index in [0.29, 0.717) is 0 Å². The Balaban J connectivity index is 1.86. The maximum Gasteiger partial charge on any atom is 0.100 e. The molecule has 0 bridgehead atoms. The fourth-order valence-corrected chi connectivity index (χ4v) is 3.13. The molecule has 0 aliphatic rings. The van der Waals surface area contributed by atoms with Crippen LogP contribution in [0.4, 0.5) is 0 Å². The molecule has 0 heterocycles. The van der Waals surface area contributed by atoms with Gasteiger partial charge in [0.2, 0.25) is 0 Å². The van der Waals surface area contributed by atoms with Crippen LogP contribution in [0.1, 0.15) is 27.8 Å². The summed E-state index contributed by atoms with van der Waals surface area (Å²) in [4.78, 5) is 0. The molecule has 3 aromatic carbocycles. The van der Waals surface area contributed by atoms with Crippen LogP contribution >= 0.6 is 9.24 Å². The Labute approximate surface area is 151 Å². The van der Waals surface area contributed by atoms with Crippen molar-refractivity contribution >= 4 is 14.5 Å². The summed E-state index contributed by atoms with van der Waals surface area (Å²) in [6.45, 7) is 4.04. The zero-order chi connectivity index (χ0) is 17.8. The molecule has 0 aliphatic carbocycles. The molecule has 0 spiro atoms. The third kappa shape index (κ3) is 3.97. The number of benzene rings is 3. The molecule has 2 heteroatoms. The molecule has 1 unspecified atom stereocenters. The van der Waals surface area contributed by atoms with Gasteiger partial charge in [-0.2, -0.15) is 5.26 Å². The first-order valence-electron chi connectivity index (χ1n) is 8.06. The van der Waals surface area contributed by atoms with Crippen molar-refractivity contribution in [3.05, 3.63) is 88.5 Å². The molecular formula is C23H18NP. The van der Waals surface area contributed by atoms with Crippen LogP contribution in [-0.4, -0.2) is 0 Å². The van der Waals surface area contributed by atoms with Gasteiger partial charge < -0.3 is 0 Å². The van der Waals surface area contributed by atoms with E-state index in [1.54, 1.807) is 0 Å². The van der Waals surface area contributed by atoms with Gasteiger partial charge >= 0.3 is 0 Å². The lowest BCUT2D eigenvalue weighted by molar-refractivity contribution is 1.41. The topological polar surface area (TPSA) is 23.8 Å². The summed E-state index contributed by atoms with van der Waals surface area (Å²) in [6.07, 6.45) is 0. The molecule has 0 aromatic heterocycles. The second-order valence-corrected chi connectivity index (χ2v) is 6.68. The highest BCUT2D eigenvalue weighted by molar-refractivity contribution is 7.27. The van der Waals surface area contributed by atoms with E-state index >= 15 is 0 Å². The zero-order valence-electron chi connectivity index (χ0n) is 14.3. The molecule has 0 fully saturated rings. The van der Waals surface area contributed by atoms with E-state index in [1.807, 2.05) is 37.3 Å². The van der Waals surface area contributed by atoms with E-state index < -0.39 is 0 Å². The highest BCUT2D eigenvalue weighted by Gasteiger charge is 2.06. The number of nitriles is 1. The van der Waals surface area contributed by atoms with Gasteiger partial charge in [0, 0.05) is 11.1 Å². The Kier molecular flexibility index (Phi) is 5.00. The van der Waals surface area contributed by atoms with Gasteiger partial charge in [0.15, 0.2) is 0 Å². The van der Waals surface area contributed by atoms with Crippen molar-refractivity contribution in [1.82, 2.24) is 0 Å². The number of aryl methyl sites for hydroxylation is 2. The summed E-state index contributed by atoms with van der Waals surface area (Å²) in [7, 11) is 2.65. The van der Waals surface area contributed by atoms with Crippen LogP contribution in [0.3, 0.4) is 0 Å². The van der Waals surface area contributed by atoms with E-state index in [-0.39, 0.29) is 0 Å². The molecule has 0 saturated carbocycles.